The van der Waals surface area contributed by atoms with Crippen molar-refractivity contribution in [1.82, 2.24) is 4.98 Å². The summed E-state index contributed by atoms with van der Waals surface area (Å²) in [6.45, 7) is 1.91. The van der Waals surface area contributed by atoms with Crippen LogP contribution in [0.5, 0.6) is 0 Å². The van der Waals surface area contributed by atoms with Crippen molar-refractivity contribution in [3.05, 3.63) is 57.7 Å². The molecule has 0 saturated carbocycles. The van der Waals surface area contributed by atoms with Gasteiger partial charge in [-0.1, -0.05) is 29.3 Å². The van der Waals surface area contributed by atoms with E-state index in [4.69, 9.17) is 23.2 Å². The van der Waals surface area contributed by atoms with Crippen molar-refractivity contribution >= 4 is 34.9 Å². The summed E-state index contributed by atoms with van der Waals surface area (Å²) >= 11 is 11.8. The topological polar surface area (TPSA) is 42.0 Å². The minimum Gasteiger partial charge on any atom is -0.306 e. The molecule has 0 atom stereocenters. The summed E-state index contributed by atoms with van der Waals surface area (Å²) in [5.41, 5.74) is 1.40. The van der Waals surface area contributed by atoms with Gasteiger partial charge in [0.05, 0.1) is 10.6 Å². The van der Waals surface area contributed by atoms with E-state index < -0.39 is 0 Å². The van der Waals surface area contributed by atoms with Gasteiger partial charge in [0.15, 0.2) is 0 Å². The van der Waals surface area contributed by atoms with E-state index in [1.807, 2.05) is 13.0 Å². The number of pyridine rings is 1. The fourth-order valence-electron chi connectivity index (χ4n) is 1.46. The molecule has 0 aliphatic rings. The van der Waals surface area contributed by atoms with Crippen LogP contribution in [0.1, 0.15) is 15.9 Å². The average Bonchev–Trinajstić information content (AvgIpc) is 2.28. The summed E-state index contributed by atoms with van der Waals surface area (Å²) in [6, 6.07) is 8.45. The lowest BCUT2D eigenvalue weighted by Crippen LogP contribution is -2.13. The van der Waals surface area contributed by atoms with Crippen LogP contribution in [0.3, 0.4) is 0 Å². The maximum atomic E-state index is 12.0. The van der Waals surface area contributed by atoms with Crippen molar-refractivity contribution in [2.75, 3.05) is 5.32 Å². The van der Waals surface area contributed by atoms with Gasteiger partial charge in [0.1, 0.15) is 5.82 Å². The first-order valence-electron chi connectivity index (χ1n) is 5.25. The first-order valence-corrected chi connectivity index (χ1v) is 6.01. The summed E-state index contributed by atoms with van der Waals surface area (Å²) in [6.07, 6.45) is 1.52. The van der Waals surface area contributed by atoms with E-state index in [0.717, 1.165) is 5.56 Å². The standard InChI is InChI=1S/C13H10Cl2N2O/c1-8-2-3-10(11(15)6-8)13(18)17-12-7-9(14)4-5-16-12/h2-7H,1H3,(H,16,17,18). The van der Waals surface area contributed by atoms with Gasteiger partial charge >= 0.3 is 0 Å². The number of nitrogens with zero attached hydrogens (tertiary/aromatic N) is 1. The van der Waals surface area contributed by atoms with Gasteiger partial charge in [-0.05, 0) is 36.8 Å². The van der Waals surface area contributed by atoms with E-state index in [0.29, 0.717) is 21.4 Å². The van der Waals surface area contributed by atoms with Crippen molar-refractivity contribution in [2.45, 2.75) is 6.92 Å². The molecule has 0 unspecified atom stereocenters. The second kappa shape index (κ2) is 5.38. The Kier molecular flexibility index (Phi) is 3.84. The highest BCUT2D eigenvalue weighted by atomic mass is 35.5. The number of halogens is 2. The van der Waals surface area contributed by atoms with E-state index in [9.17, 15) is 4.79 Å². The Morgan fingerprint density at radius 3 is 2.67 bits per heavy atom. The van der Waals surface area contributed by atoms with Crippen molar-refractivity contribution in [2.24, 2.45) is 0 Å². The average molecular weight is 281 g/mol. The van der Waals surface area contributed by atoms with Gasteiger partial charge in [-0.3, -0.25) is 4.79 Å². The minimum atomic E-state index is -0.310. The maximum Gasteiger partial charge on any atom is 0.258 e. The summed E-state index contributed by atoms with van der Waals surface area (Å²) in [7, 11) is 0. The quantitative estimate of drug-likeness (QED) is 0.905. The molecular weight excluding hydrogens is 271 g/mol. The molecule has 0 bridgehead atoms. The highest BCUT2D eigenvalue weighted by molar-refractivity contribution is 6.34. The molecule has 3 nitrogen and oxygen atoms in total. The van der Waals surface area contributed by atoms with E-state index in [1.54, 1.807) is 24.3 Å². The molecule has 1 N–H and O–H groups in total. The molecular formula is C13H10Cl2N2O. The van der Waals surface area contributed by atoms with Gasteiger partial charge in [0, 0.05) is 11.2 Å². The fourth-order valence-corrected chi connectivity index (χ4v) is 1.94. The van der Waals surface area contributed by atoms with Gasteiger partial charge in [0.25, 0.3) is 5.91 Å². The predicted molar refractivity (Wildman–Crippen MR) is 73.4 cm³/mol. The van der Waals surface area contributed by atoms with Gasteiger partial charge < -0.3 is 5.32 Å². The van der Waals surface area contributed by atoms with Crippen LogP contribution in [0.4, 0.5) is 5.82 Å². The molecule has 0 saturated heterocycles. The number of aromatic nitrogens is 1. The van der Waals surface area contributed by atoms with Crippen molar-refractivity contribution < 1.29 is 4.79 Å². The third kappa shape index (κ3) is 3.00. The molecule has 0 aliphatic heterocycles. The largest absolute Gasteiger partial charge is 0.306 e. The van der Waals surface area contributed by atoms with Crippen LogP contribution in [0.25, 0.3) is 0 Å². The molecule has 92 valence electrons. The van der Waals surface area contributed by atoms with Crippen LogP contribution in [0.2, 0.25) is 10.0 Å². The number of carbonyl (C=O) groups is 1. The van der Waals surface area contributed by atoms with E-state index in [2.05, 4.69) is 10.3 Å². The monoisotopic (exact) mass is 280 g/mol. The SMILES string of the molecule is Cc1ccc(C(=O)Nc2cc(Cl)ccn2)c(Cl)c1. The number of anilines is 1. The van der Waals surface area contributed by atoms with E-state index >= 15 is 0 Å². The van der Waals surface area contributed by atoms with Crippen molar-refractivity contribution in [1.29, 1.82) is 0 Å². The summed E-state index contributed by atoms with van der Waals surface area (Å²) in [5, 5.41) is 3.56. The molecule has 1 amide bonds. The van der Waals surface area contributed by atoms with Crippen LogP contribution in [0, 0.1) is 6.92 Å². The number of carbonyl (C=O) groups excluding carboxylic acids is 1. The number of aryl methyl sites for hydroxylation is 1. The van der Waals surface area contributed by atoms with Crippen LogP contribution >= 0.6 is 23.2 Å². The minimum absolute atomic E-state index is 0.310. The van der Waals surface area contributed by atoms with E-state index in [1.165, 1.54) is 6.20 Å². The second-order valence-corrected chi connectivity index (χ2v) is 4.64. The molecule has 1 aromatic heterocycles. The first-order chi connectivity index (χ1) is 8.56. The molecule has 0 fully saturated rings. The molecule has 1 heterocycles. The lowest BCUT2D eigenvalue weighted by atomic mass is 10.1. The Hall–Kier alpha value is -1.58. The molecule has 1 aromatic carbocycles. The number of amides is 1. The van der Waals surface area contributed by atoms with Crippen LogP contribution in [0.15, 0.2) is 36.5 Å². The zero-order valence-corrected chi connectivity index (χ0v) is 11.1. The Balaban J connectivity index is 2.22. The first kappa shape index (κ1) is 12.9. The van der Waals surface area contributed by atoms with Gasteiger partial charge in [0.2, 0.25) is 0 Å². The van der Waals surface area contributed by atoms with Crippen molar-refractivity contribution in [3.63, 3.8) is 0 Å². The zero-order chi connectivity index (χ0) is 13.1. The lowest BCUT2D eigenvalue weighted by molar-refractivity contribution is 0.102. The Labute approximate surface area is 115 Å². The third-order valence-electron chi connectivity index (χ3n) is 2.33. The van der Waals surface area contributed by atoms with E-state index in [-0.39, 0.29) is 5.91 Å². The number of rotatable bonds is 2. The molecule has 0 radical (unpaired) electrons. The molecule has 2 rings (SSSR count). The van der Waals surface area contributed by atoms with Gasteiger partial charge in [-0.25, -0.2) is 4.98 Å². The Morgan fingerprint density at radius 2 is 2.00 bits per heavy atom. The Morgan fingerprint density at radius 1 is 1.22 bits per heavy atom. The molecule has 5 heteroatoms. The number of hydrogen-bond acceptors (Lipinski definition) is 2. The van der Waals surface area contributed by atoms with Crippen molar-refractivity contribution in [3.8, 4) is 0 Å². The third-order valence-corrected chi connectivity index (χ3v) is 2.88. The molecule has 0 aliphatic carbocycles. The maximum absolute atomic E-state index is 12.0. The number of benzene rings is 1. The van der Waals surface area contributed by atoms with Crippen LogP contribution in [-0.4, -0.2) is 10.9 Å². The molecule has 2 aromatic rings. The van der Waals surface area contributed by atoms with Crippen LogP contribution in [-0.2, 0) is 0 Å². The van der Waals surface area contributed by atoms with Crippen LogP contribution < -0.4 is 5.32 Å². The highest BCUT2D eigenvalue weighted by Crippen LogP contribution is 2.19. The highest BCUT2D eigenvalue weighted by Gasteiger charge is 2.11. The summed E-state index contributed by atoms with van der Waals surface area (Å²) in [5.74, 6) is 0.0823. The molecule has 18 heavy (non-hydrogen) atoms. The summed E-state index contributed by atoms with van der Waals surface area (Å²) < 4.78 is 0. The lowest BCUT2D eigenvalue weighted by Gasteiger charge is -2.06. The number of nitrogens with one attached hydrogen (secondary N) is 1. The smallest absolute Gasteiger partial charge is 0.258 e. The second-order valence-electron chi connectivity index (χ2n) is 3.80. The normalized spacial score (nSPS) is 10.2. The number of hydrogen-bond donors (Lipinski definition) is 1. The fraction of sp³-hybridized carbons (Fsp3) is 0.0769. The predicted octanol–water partition coefficient (Wildman–Crippen LogP) is 3.95. The zero-order valence-electron chi connectivity index (χ0n) is 9.58. The van der Waals surface area contributed by atoms with Gasteiger partial charge in [-0.15, -0.1) is 0 Å². The Bertz CT molecular complexity index is 599. The molecule has 0 spiro atoms. The summed E-state index contributed by atoms with van der Waals surface area (Å²) in [4.78, 5) is 16.0. The van der Waals surface area contributed by atoms with Gasteiger partial charge in [-0.2, -0.15) is 0 Å².